The minimum absolute atomic E-state index is 0.0741. The number of nitrogens with one attached hydrogen (secondary N) is 2. The molecule has 1 fully saturated rings. The molecule has 2 aliphatic rings. The van der Waals surface area contributed by atoms with E-state index in [-0.39, 0.29) is 36.3 Å². The van der Waals surface area contributed by atoms with Gasteiger partial charge >= 0.3 is 6.18 Å². The van der Waals surface area contributed by atoms with Crippen LogP contribution in [0, 0.1) is 0 Å². The number of carbonyl (C=O) groups excluding carboxylic acids is 1. The second-order valence-corrected chi connectivity index (χ2v) is 8.39. The summed E-state index contributed by atoms with van der Waals surface area (Å²) in [5.41, 5.74) is 1.81. The minimum atomic E-state index is -4.46. The molecule has 2 aromatic carbocycles. The molecular weight excluding hydrogens is 435 g/mol. The van der Waals surface area contributed by atoms with Gasteiger partial charge in [0.05, 0.1) is 18.9 Å². The molecule has 0 spiro atoms. The first-order valence-electron chi connectivity index (χ1n) is 10.7. The summed E-state index contributed by atoms with van der Waals surface area (Å²) in [6.45, 7) is -0.243. The van der Waals surface area contributed by atoms with Gasteiger partial charge in [-0.2, -0.15) is 18.3 Å². The number of aromatic amines is 1. The Morgan fingerprint density at radius 1 is 1.09 bits per heavy atom. The first-order valence-corrected chi connectivity index (χ1v) is 10.7. The lowest BCUT2D eigenvalue weighted by Gasteiger charge is -2.23. The third-order valence-corrected chi connectivity index (χ3v) is 6.16. The van der Waals surface area contributed by atoms with Crippen LogP contribution < -0.4 is 14.8 Å². The van der Waals surface area contributed by atoms with Crippen molar-refractivity contribution in [1.82, 2.24) is 10.2 Å². The number of hydrogen-bond acceptors (Lipinski definition) is 4. The van der Waals surface area contributed by atoms with E-state index in [0.717, 1.165) is 29.5 Å². The number of ether oxygens (including phenoxy) is 2. The van der Waals surface area contributed by atoms with Gasteiger partial charge in [0, 0.05) is 23.5 Å². The maximum Gasteiger partial charge on any atom is 0.416 e. The van der Waals surface area contributed by atoms with Crippen LogP contribution in [0.25, 0.3) is 0 Å². The van der Waals surface area contributed by atoms with Crippen LogP contribution in [-0.2, 0) is 17.6 Å². The molecule has 1 saturated carbocycles. The van der Waals surface area contributed by atoms with E-state index in [9.17, 15) is 18.0 Å². The van der Waals surface area contributed by atoms with Crippen LogP contribution in [0.1, 0.15) is 58.9 Å². The molecule has 9 heteroatoms. The highest BCUT2D eigenvalue weighted by atomic mass is 19.4. The van der Waals surface area contributed by atoms with Crippen LogP contribution in [-0.4, -0.2) is 23.2 Å². The zero-order chi connectivity index (χ0) is 23.2. The first kappa shape index (κ1) is 21.4. The number of methoxy groups -OCH3 is 1. The molecule has 6 nitrogen and oxygen atoms in total. The predicted octanol–water partition coefficient (Wildman–Crippen LogP) is 5.37. The van der Waals surface area contributed by atoms with E-state index in [4.69, 9.17) is 9.47 Å². The van der Waals surface area contributed by atoms with E-state index in [1.165, 1.54) is 19.2 Å². The van der Waals surface area contributed by atoms with Gasteiger partial charge in [-0.25, -0.2) is 0 Å². The average Bonchev–Trinajstić information content (AvgIpc) is 3.54. The van der Waals surface area contributed by atoms with Crippen LogP contribution in [0.4, 0.5) is 19.0 Å². The maximum atomic E-state index is 13.6. The molecule has 3 aromatic rings. The highest BCUT2D eigenvalue weighted by molar-refractivity contribution is 5.94. The normalized spacial score (nSPS) is 17.9. The smallest absolute Gasteiger partial charge is 0.416 e. The molecule has 1 amide bonds. The van der Waals surface area contributed by atoms with Crippen LogP contribution in [0.3, 0.4) is 0 Å². The Morgan fingerprint density at radius 2 is 1.88 bits per heavy atom. The molecule has 172 valence electrons. The topological polar surface area (TPSA) is 76.2 Å². The summed E-state index contributed by atoms with van der Waals surface area (Å²) < 4.78 is 52.2. The summed E-state index contributed by atoms with van der Waals surface area (Å²) in [6, 6.07) is 9.69. The summed E-state index contributed by atoms with van der Waals surface area (Å²) in [5, 5.41) is 9.51. The molecule has 1 aromatic heterocycles. The molecule has 1 unspecified atom stereocenters. The Bertz CT molecular complexity index is 1200. The van der Waals surface area contributed by atoms with Crippen molar-refractivity contribution >= 4 is 11.7 Å². The highest BCUT2D eigenvalue weighted by Crippen LogP contribution is 2.43. The predicted molar refractivity (Wildman–Crippen MR) is 114 cm³/mol. The van der Waals surface area contributed by atoms with Crippen molar-refractivity contribution in [1.29, 1.82) is 0 Å². The third kappa shape index (κ3) is 4.27. The maximum absolute atomic E-state index is 13.6. The van der Waals surface area contributed by atoms with Crippen molar-refractivity contribution in [3.05, 3.63) is 70.4 Å². The fourth-order valence-electron chi connectivity index (χ4n) is 4.27. The molecule has 1 atom stereocenters. The Labute approximate surface area is 188 Å². The number of amides is 1. The number of benzene rings is 2. The van der Waals surface area contributed by atoms with Crippen LogP contribution in [0.15, 0.2) is 42.6 Å². The van der Waals surface area contributed by atoms with Crippen molar-refractivity contribution in [2.24, 2.45) is 0 Å². The van der Waals surface area contributed by atoms with Crippen LogP contribution in [0.2, 0.25) is 0 Å². The Hall–Kier alpha value is -3.49. The Balaban J connectivity index is 1.39. The number of anilines is 1. The third-order valence-electron chi connectivity index (χ3n) is 6.16. The van der Waals surface area contributed by atoms with Gasteiger partial charge < -0.3 is 14.8 Å². The number of hydrogen-bond donors (Lipinski definition) is 2. The van der Waals surface area contributed by atoms with Gasteiger partial charge in [-0.05, 0) is 48.1 Å². The lowest BCUT2D eigenvalue weighted by atomic mass is 9.87. The average molecular weight is 457 g/mol. The van der Waals surface area contributed by atoms with Crippen molar-refractivity contribution < 1.29 is 27.4 Å². The van der Waals surface area contributed by atoms with E-state index < -0.39 is 11.7 Å². The number of nitrogens with zero attached hydrogens (tertiary/aromatic N) is 1. The van der Waals surface area contributed by atoms with E-state index in [1.807, 2.05) is 0 Å². The highest BCUT2D eigenvalue weighted by Gasteiger charge is 2.35. The molecule has 1 aliphatic heterocycles. The summed E-state index contributed by atoms with van der Waals surface area (Å²) >= 11 is 0. The van der Waals surface area contributed by atoms with E-state index in [0.29, 0.717) is 17.3 Å². The monoisotopic (exact) mass is 457 g/mol. The summed E-state index contributed by atoms with van der Waals surface area (Å²) in [7, 11) is 1.47. The van der Waals surface area contributed by atoms with Gasteiger partial charge in [0.2, 0.25) is 5.91 Å². The Kier molecular flexibility index (Phi) is 5.26. The number of aromatic nitrogens is 2. The van der Waals surface area contributed by atoms with Crippen molar-refractivity contribution in [3.63, 3.8) is 0 Å². The number of halogens is 3. The summed E-state index contributed by atoms with van der Waals surface area (Å²) in [4.78, 5) is 12.1. The van der Waals surface area contributed by atoms with Crippen molar-refractivity contribution in [2.45, 2.75) is 43.9 Å². The molecule has 0 radical (unpaired) electrons. The lowest BCUT2D eigenvalue weighted by molar-refractivity contribution is -0.138. The number of H-pyrrole nitrogens is 1. The fourth-order valence-corrected chi connectivity index (χ4v) is 4.27. The molecule has 0 bridgehead atoms. The largest absolute Gasteiger partial charge is 0.493 e. The molecule has 0 saturated heterocycles. The van der Waals surface area contributed by atoms with Gasteiger partial charge in [0.1, 0.15) is 12.4 Å². The molecular formula is C24H22F3N3O3. The van der Waals surface area contributed by atoms with E-state index in [1.54, 1.807) is 30.5 Å². The molecule has 1 aliphatic carbocycles. The van der Waals surface area contributed by atoms with Crippen LogP contribution >= 0.6 is 0 Å². The number of rotatable bonds is 6. The number of fused-ring (bicyclic) bond motifs is 1. The van der Waals surface area contributed by atoms with Gasteiger partial charge in [0.15, 0.2) is 11.5 Å². The van der Waals surface area contributed by atoms with Crippen molar-refractivity contribution in [2.75, 3.05) is 12.4 Å². The summed E-state index contributed by atoms with van der Waals surface area (Å²) in [6.07, 6.45) is -0.681. The number of carbonyl (C=O) groups is 1. The number of alkyl halides is 3. The van der Waals surface area contributed by atoms with Crippen molar-refractivity contribution in [3.8, 4) is 11.5 Å². The molecule has 2 heterocycles. The van der Waals surface area contributed by atoms with E-state index >= 15 is 0 Å². The van der Waals surface area contributed by atoms with E-state index in [2.05, 4.69) is 15.5 Å². The molecule has 2 N–H and O–H groups in total. The Morgan fingerprint density at radius 3 is 2.61 bits per heavy atom. The van der Waals surface area contributed by atoms with Gasteiger partial charge in [-0.3, -0.25) is 9.89 Å². The van der Waals surface area contributed by atoms with Crippen LogP contribution in [0.5, 0.6) is 11.5 Å². The second kappa shape index (κ2) is 8.13. The second-order valence-electron chi connectivity index (χ2n) is 8.39. The fraction of sp³-hybridized carbons (Fsp3) is 0.333. The lowest BCUT2D eigenvalue weighted by Crippen LogP contribution is -2.23. The van der Waals surface area contributed by atoms with Gasteiger partial charge in [-0.1, -0.05) is 18.2 Å². The standard InChI is InChI=1S/C24H22F3N3O3/c1-32-21-9-15(17-10-22(31)29-23-18(17)11-28-30-23)6-7-20(21)33-12-16-5-4-14(13-2-3-13)8-19(16)24(25,26)27/h4-9,11,13,17H,2-3,10,12H2,1H3,(H2,28,29,30,31). The molecule has 5 rings (SSSR count). The zero-order valence-corrected chi connectivity index (χ0v) is 17.8. The first-order chi connectivity index (χ1) is 15.8. The SMILES string of the molecule is COc1cc(C2CC(=O)Nc3[nH]ncc32)ccc1OCc1ccc(C2CC2)cc1C(F)(F)F. The quantitative estimate of drug-likeness (QED) is 0.522. The zero-order valence-electron chi connectivity index (χ0n) is 17.8. The molecule has 33 heavy (non-hydrogen) atoms. The minimum Gasteiger partial charge on any atom is -0.493 e. The van der Waals surface area contributed by atoms with Gasteiger partial charge in [-0.15, -0.1) is 0 Å². The summed E-state index contributed by atoms with van der Waals surface area (Å²) in [5.74, 6) is 1.14. The van der Waals surface area contributed by atoms with Gasteiger partial charge in [0.25, 0.3) is 0 Å².